The fraction of sp³-hybridized carbons (Fsp3) is 0.696. The molecule has 1 aliphatic carbocycles. The molecular formula is C23H37N3O2. The minimum Gasteiger partial charge on any atom is -0.481 e. The lowest BCUT2D eigenvalue weighted by atomic mass is 9.79. The lowest BCUT2D eigenvalue weighted by Crippen LogP contribution is -2.62. The fourth-order valence-electron chi connectivity index (χ4n) is 4.54. The predicted molar refractivity (Wildman–Crippen MR) is 114 cm³/mol. The third-order valence-corrected chi connectivity index (χ3v) is 6.71. The SMILES string of the molecule is Cc1ccc(OC(C)C(=O)NCC2(N3CCN(C)CC3)CCCCC2)cc1C. The number of carbonyl (C=O) groups excluding carboxylic acids is 1. The Kier molecular flexibility index (Phi) is 7.00. The molecule has 5 nitrogen and oxygen atoms in total. The summed E-state index contributed by atoms with van der Waals surface area (Å²) in [5.41, 5.74) is 2.53. The van der Waals surface area contributed by atoms with Crippen LogP contribution in [0.4, 0.5) is 0 Å². The second-order valence-corrected chi connectivity index (χ2v) is 8.80. The van der Waals surface area contributed by atoms with Crippen LogP contribution in [0.25, 0.3) is 0 Å². The molecule has 1 N–H and O–H groups in total. The molecule has 0 radical (unpaired) electrons. The van der Waals surface area contributed by atoms with Gasteiger partial charge >= 0.3 is 0 Å². The van der Waals surface area contributed by atoms with Crippen LogP contribution in [0, 0.1) is 13.8 Å². The molecular weight excluding hydrogens is 350 g/mol. The number of likely N-dealkylation sites (N-methyl/N-ethyl adjacent to an activating group) is 1. The van der Waals surface area contributed by atoms with Crippen LogP contribution >= 0.6 is 0 Å². The van der Waals surface area contributed by atoms with Crippen molar-refractivity contribution in [3.05, 3.63) is 29.3 Å². The number of hydrogen-bond donors (Lipinski definition) is 1. The van der Waals surface area contributed by atoms with Gasteiger partial charge in [0.1, 0.15) is 5.75 Å². The Balaban J connectivity index is 1.58. The summed E-state index contributed by atoms with van der Waals surface area (Å²) in [5.74, 6) is 0.745. The van der Waals surface area contributed by atoms with Crippen LogP contribution in [0.1, 0.15) is 50.2 Å². The van der Waals surface area contributed by atoms with E-state index in [0.717, 1.165) is 38.5 Å². The summed E-state index contributed by atoms with van der Waals surface area (Å²) in [6.45, 7) is 11.1. The monoisotopic (exact) mass is 387 g/mol. The van der Waals surface area contributed by atoms with E-state index in [1.165, 1.54) is 43.2 Å². The van der Waals surface area contributed by atoms with Crippen molar-refractivity contribution in [3.8, 4) is 5.75 Å². The summed E-state index contributed by atoms with van der Waals surface area (Å²) in [6.07, 6.45) is 5.71. The number of aryl methyl sites for hydroxylation is 2. The van der Waals surface area contributed by atoms with Gasteiger partial charge in [-0.2, -0.15) is 0 Å². The smallest absolute Gasteiger partial charge is 0.260 e. The average Bonchev–Trinajstić information content (AvgIpc) is 2.70. The van der Waals surface area contributed by atoms with E-state index in [-0.39, 0.29) is 11.4 Å². The van der Waals surface area contributed by atoms with Crippen LogP contribution < -0.4 is 10.1 Å². The first-order valence-electron chi connectivity index (χ1n) is 10.8. The Morgan fingerprint density at radius 1 is 1.11 bits per heavy atom. The molecule has 1 saturated carbocycles. The number of rotatable bonds is 6. The van der Waals surface area contributed by atoms with Crippen LogP contribution in [-0.2, 0) is 4.79 Å². The normalized spacial score (nSPS) is 21.9. The number of carbonyl (C=O) groups is 1. The molecule has 0 aromatic heterocycles. The van der Waals surface area contributed by atoms with Crippen LogP contribution in [-0.4, -0.2) is 67.1 Å². The molecule has 5 heteroatoms. The summed E-state index contributed by atoms with van der Waals surface area (Å²) in [7, 11) is 2.19. The van der Waals surface area contributed by atoms with Crippen molar-refractivity contribution < 1.29 is 9.53 Å². The van der Waals surface area contributed by atoms with Gasteiger partial charge in [-0.05, 0) is 63.9 Å². The molecule has 1 heterocycles. The standard InChI is InChI=1S/C23H37N3O2/c1-18-8-9-21(16-19(18)2)28-20(3)22(27)24-17-23(10-6-5-7-11-23)26-14-12-25(4)13-15-26/h8-9,16,20H,5-7,10-15,17H2,1-4H3,(H,24,27). The first-order chi connectivity index (χ1) is 13.4. The highest BCUT2D eigenvalue weighted by atomic mass is 16.5. The number of piperazine rings is 1. The third kappa shape index (κ3) is 5.06. The second kappa shape index (κ2) is 9.27. The Labute approximate surface area is 170 Å². The lowest BCUT2D eigenvalue weighted by molar-refractivity contribution is -0.128. The summed E-state index contributed by atoms with van der Waals surface area (Å²) < 4.78 is 5.91. The van der Waals surface area contributed by atoms with Crippen molar-refractivity contribution >= 4 is 5.91 Å². The number of ether oxygens (including phenoxy) is 1. The Morgan fingerprint density at radius 3 is 2.43 bits per heavy atom. The zero-order valence-corrected chi connectivity index (χ0v) is 18.1. The molecule has 1 aromatic carbocycles. The molecule has 1 aromatic rings. The van der Waals surface area contributed by atoms with Crippen LogP contribution in [0.5, 0.6) is 5.75 Å². The summed E-state index contributed by atoms with van der Waals surface area (Å²) in [5, 5.41) is 3.23. The Hall–Kier alpha value is -1.59. The van der Waals surface area contributed by atoms with E-state index in [1.54, 1.807) is 0 Å². The Morgan fingerprint density at radius 2 is 1.79 bits per heavy atom. The van der Waals surface area contributed by atoms with Gasteiger partial charge in [0.2, 0.25) is 0 Å². The number of nitrogens with zero attached hydrogens (tertiary/aromatic N) is 2. The highest BCUT2D eigenvalue weighted by molar-refractivity contribution is 5.80. The predicted octanol–water partition coefficient (Wildman–Crippen LogP) is 3.14. The van der Waals surface area contributed by atoms with Crippen LogP contribution in [0.15, 0.2) is 18.2 Å². The van der Waals surface area contributed by atoms with Gasteiger partial charge < -0.3 is 15.0 Å². The number of benzene rings is 1. The van der Waals surface area contributed by atoms with Gasteiger partial charge in [-0.25, -0.2) is 0 Å². The maximum Gasteiger partial charge on any atom is 0.260 e. The molecule has 2 aliphatic rings. The first-order valence-corrected chi connectivity index (χ1v) is 10.8. The average molecular weight is 388 g/mol. The Bertz CT molecular complexity index is 662. The molecule has 0 spiro atoms. The van der Waals surface area contributed by atoms with E-state index in [9.17, 15) is 4.79 Å². The first kappa shape index (κ1) is 21.1. The number of hydrogen-bond acceptors (Lipinski definition) is 4. The molecule has 1 aliphatic heterocycles. The summed E-state index contributed by atoms with van der Waals surface area (Å²) in [4.78, 5) is 17.8. The van der Waals surface area contributed by atoms with Gasteiger partial charge in [-0.3, -0.25) is 9.69 Å². The van der Waals surface area contributed by atoms with Gasteiger partial charge in [0, 0.05) is 38.3 Å². The molecule has 3 rings (SSSR count). The van der Waals surface area contributed by atoms with Crippen LogP contribution in [0.2, 0.25) is 0 Å². The van der Waals surface area contributed by atoms with E-state index < -0.39 is 6.10 Å². The largest absolute Gasteiger partial charge is 0.481 e. The second-order valence-electron chi connectivity index (χ2n) is 8.80. The van der Waals surface area contributed by atoms with Crippen molar-refractivity contribution in [1.29, 1.82) is 0 Å². The van der Waals surface area contributed by atoms with E-state index in [2.05, 4.69) is 36.0 Å². The van der Waals surface area contributed by atoms with Gasteiger partial charge in [0.05, 0.1) is 0 Å². The fourth-order valence-corrected chi connectivity index (χ4v) is 4.54. The molecule has 2 fully saturated rings. The van der Waals surface area contributed by atoms with E-state index in [4.69, 9.17) is 4.74 Å². The maximum atomic E-state index is 12.8. The van der Waals surface area contributed by atoms with Gasteiger partial charge in [0.25, 0.3) is 5.91 Å². The molecule has 28 heavy (non-hydrogen) atoms. The molecule has 1 atom stereocenters. The summed E-state index contributed by atoms with van der Waals surface area (Å²) in [6, 6.07) is 5.99. The van der Waals surface area contributed by atoms with E-state index >= 15 is 0 Å². The highest BCUT2D eigenvalue weighted by Crippen LogP contribution is 2.34. The maximum absolute atomic E-state index is 12.8. The third-order valence-electron chi connectivity index (χ3n) is 6.71. The lowest BCUT2D eigenvalue weighted by Gasteiger charge is -2.49. The molecule has 1 amide bonds. The van der Waals surface area contributed by atoms with Crippen molar-refractivity contribution in [2.75, 3.05) is 39.8 Å². The van der Waals surface area contributed by atoms with E-state index in [1.807, 2.05) is 25.1 Å². The minimum atomic E-state index is -0.491. The van der Waals surface area contributed by atoms with Crippen molar-refractivity contribution in [2.24, 2.45) is 0 Å². The van der Waals surface area contributed by atoms with Crippen molar-refractivity contribution in [2.45, 2.75) is 64.5 Å². The van der Waals surface area contributed by atoms with E-state index in [0.29, 0.717) is 0 Å². The summed E-state index contributed by atoms with van der Waals surface area (Å²) >= 11 is 0. The zero-order chi connectivity index (χ0) is 20.1. The number of nitrogens with one attached hydrogen (secondary N) is 1. The number of amides is 1. The molecule has 1 unspecified atom stereocenters. The highest BCUT2D eigenvalue weighted by Gasteiger charge is 2.39. The molecule has 1 saturated heterocycles. The zero-order valence-electron chi connectivity index (χ0n) is 18.1. The van der Waals surface area contributed by atoms with Crippen molar-refractivity contribution in [3.63, 3.8) is 0 Å². The van der Waals surface area contributed by atoms with Gasteiger partial charge in [-0.15, -0.1) is 0 Å². The quantitative estimate of drug-likeness (QED) is 0.815. The topological polar surface area (TPSA) is 44.8 Å². The van der Waals surface area contributed by atoms with Gasteiger partial charge in [-0.1, -0.05) is 25.3 Å². The van der Waals surface area contributed by atoms with Crippen molar-refractivity contribution in [1.82, 2.24) is 15.1 Å². The van der Waals surface area contributed by atoms with Crippen LogP contribution in [0.3, 0.4) is 0 Å². The minimum absolute atomic E-state index is 0.0164. The molecule has 156 valence electrons. The van der Waals surface area contributed by atoms with Gasteiger partial charge in [0.15, 0.2) is 6.10 Å². The molecule has 0 bridgehead atoms.